The molecule has 0 radical (unpaired) electrons. The van der Waals surface area contributed by atoms with Gasteiger partial charge in [0.05, 0.1) is 5.69 Å². The Labute approximate surface area is 180 Å². The average Bonchev–Trinajstić information content (AvgIpc) is 2.81. The monoisotopic (exact) mass is 409 g/mol. The first-order valence-electron chi connectivity index (χ1n) is 10.6. The van der Waals surface area contributed by atoms with Crippen molar-refractivity contribution in [2.45, 2.75) is 19.8 Å². The maximum atomic E-state index is 13.6. The third kappa shape index (κ3) is 2.96. The summed E-state index contributed by atoms with van der Waals surface area (Å²) in [7, 11) is 2.06. The highest BCUT2D eigenvalue weighted by Crippen LogP contribution is 2.38. The fourth-order valence-corrected chi connectivity index (χ4v) is 4.45. The molecule has 0 fully saturated rings. The maximum Gasteiger partial charge on any atom is 0.266 e. The molecule has 1 aromatic heterocycles. The molecule has 5 nitrogen and oxygen atoms in total. The van der Waals surface area contributed by atoms with Crippen LogP contribution in [0.5, 0.6) is 0 Å². The lowest BCUT2D eigenvalue weighted by molar-refractivity contribution is 0.0894. The predicted molar refractivity (Wildman–Crippen MR) is 125 cm³/mol. The van der Waals surface area contributed by atoms with E-state index in [2.05, 4.69) is 23.9 Å². The first kappa shape index (κ1) is 19.2. The van der Waals surface area contributed by atoms with Gasteiger partial charge in [-0.1, -0.05) is 37.6 Å². The molecule has 3 aromatic carbocycles. The molecule has 0 aliphatic carbocycles. The summed E-state index contributed by atoms with van der Waals surface area (Å²) in [6.45, 7) is 3.09. The summed E-state index contributed by atoms with van der Waals surface area (Å²) >= 11 is 0. The number of nitrogens with zero attached hydrogens (tertiary/aromatic N) is 3. The number of hydrogen-bond acceptors (Lipinski definition) is 4. The van der Waals surface area contributed by atoms with E-state index in [1.807, 2.05) is 54.6 Å². The van der Waals surface area contributed by atoms with Gasteiger partial charge < -0.3 is 4.90 Å². The van der Waals surface area contributed by atoms with E-state index >= 15 is 0 Å². The number of carbonyl (C=O) groups excluding carboxylic acids is 2. The molecule has 1 aliphatic heterocycles. The van der Waals surface area contributed by atoms with Crippen LogP contribution in [0.25, 0.3) is 21.5 Å². The Kier molecular flexibility index (Phi) is 4.66. The van der Waals surface area contributed by atoms with E-state index in [1.54, 1.807) is 12.4 Å². The largest absolute Gasteiger partial charge is 0.374 e. The molecule has 154 valence electrons. The Hall–Kier alpha value is -3.73. The normalized spacial score (nSPS) is 13.3. The van der Waals surface area contributed by atoms with Crippen LogP contribution in [0, 0.1) is 0 Å². The van der Waals surface area contributed by atoms with Gasteiger partial charge in [0.1, 0.15) is 0 Å². The number of benzene rings is 3. The van der Waals surface area contributed by atoms with Crippen LogP contribution in [0.3, 0.4) is 0 Å². The zero-order valence-corrected chi connectivity index (χ0v) is 17.6. The Morgan fingerprint density at radius 3 is 2.48 bits per heavy atom. The van der Waals surface area contributed by atoms with Gasteiger partial charge in [0.25, 0.3) is 11.8 Å². The molecule has 0 unspecified atom stereocenters. The molecular formula is C26H23N3O2. The average molecular weight is 409 g/mol. The van der Waals surface area contributed by atoms with Gasteiger partial charge >= 0.3 is 0 Å². The molecule has 2 heterocycles. The van der Waals surface area contributed by atoms with E-state index in [0.717, 1.165) is 46.6 Å². The van der Waals surface area contributed by atoms with Crippen LogP contribution in [0.1, 0.15) is 40.5 Å². The molecule has 0 spiro atoms. The number of fused-ring (bicyclic) bond motifs is 1. The van der Waals surface area contributed by atoms with Crippen LogP contribution in [-0.2, 0) is 0 Å². The third-order valence-corrected chi connectivity index (χ3v) is 6.04. The van der Waals surface area contributed by atoms with Crippen LogP contribution in [0.15, 0.2) is 67.0 Å². The van der Waals surface area contributed by atoms with Crippen LogP contribution < -0.4 is 9.80 Å². The van der Waals surface area contributed by atoms with Crippen LogP contribution in [0.2, 0.25) is 0 Å². The maximum absolute atomic E-state index is 13.6. The summed E-state index contributed by atoms with van der Waals surface area (Å²) < 4.78 is 0. The van der Waals surface area contributed by atoms with Crippen molar-refractivity contribution in [1.29, 1.82) is 0 Å². The summed E-state index contributed by atoms with van der Waals surface area (Å²) in [6, 6.07) is 17.0. The summed E-state index contributed by atoms with van der Waals surface area (Å²) in [4.78, 5) is 34.8. The smallest absolute Gasteiger partial charge is 0.266 e. The molecule has 2 amide bonds. The van der Waals surface area contributed by atoms with E-state index in [4.69, 9.17) is 0 Å². The van der Waals surface area contributed by atoms with Crippen molar-refractivity contribution in [2.24, 2.45) is 0 Å². The van der Waals surface area contributed by atoms with E-state index in [0.29, 0.717) is 16.8 Å². The molecule has 5 heteroatoms. The second-order valence-corrected chi connectivity index (χ2v) is 7.96. The van der Waals surface area contributed by atoms with Crippen molar-refractivity contribution >= 4 is 44.7 Å². The molecule has 1 aliphatic rings. The van der Waals surface area contributed by atoms with E-state index in [1.165, 1.54) is 4.90 Å². The van der Waals surface area contributed by atoms with E-state index < -0.39 is 0 Å². The van der Waals surface area contributed by atoms with Gasteiger partial charge in [-0.15, -0.1) is 0 Å². The number of anilines is 2. The highest BCUT2D eigenvalue weighted by atomic mass is 16.2. The second kappa shape index (κ2) is 7.51. The zero-order valence-electron chi connectivity index (χ0n) is 17.6. The third-order valence-electron chi connectivity index (χ3n) is 6.04. The number of rotatable bonds is 5. The van der Waals surface area contributed by atoms with Crippen molar-refractivity contribution in [3.8, 4) is 0 Å². The number of unbranched alkanes of at least 4 members (excludes halogenated alkanes) is 1. The second-order valence-electron chi connectivity index (χ2n) is 7.96. The van der Waals surface area contributed by atoms with Crippen molar-refractivity contribution < 1.29 is 9.59 Å². The standard InChI is InChI=1S/C26H23N3O2/c1-3-4-15-28(2)22-12-11-21-24-19(22)8-6-9-20(24)25(30)29(26(21)31)23-10-5-7-17-16-27-14-13-18(17)23/h5-14,16H,3-4,15H2,1-2H3. The van der Waals surface area contributed by atoms with Crippen molar-refractivity contribution in [2.75, 3.05) is 23.4 Å². The van der Waals surface area contributed by atoms with Crippen molar-refractivity contribution in [3.05, 3.63) is 78.1 Å². The van der Waals surface area contributed by atoms with Crippen molar-refractivity contribution in [3.63, 3.8) is 0 Å². The van der Waals surface area contributed by atoms with Gasteiger partial charge in [0.15, 0.2) is 0 Å². The van der Waals surface area contributed by atoms with Crippen molar-refractivity contribution in [1.82, 2.24) is 4.98 Å². The number of pyridine rings is 1. The van der Waals surface area contributed by atoms with Gasteiger partial charge in [-0.2, -0.15) is 0 Å². The molecule has 0 atom stereocenters. The van der Waals surface area contributed by atoms with Crippen LogP contribution in [0.4, 0.5) is 11.4 Å². The Morgan fingerprint density at radius 2 is 1.68 bits per heavy atom. The first-order valence-corrected chi connectivity index (χ1v) is 10.6. The fraction of sp³-hybridized carbons (Fsp3) is 0.192. The number of imide groups is 1. The summed E-state index contributed by atoms with van der Waals surface area (Å²) in [6.07, 6.45) is 5.61. The first-order chi connectivity index (χ1) is 15.1. The minimum absolute atomic E-state index is 0.291. The molecule has 0 bridgehead atoms. The highest BCUT2D eigenvalue weighted by molar-refractivity contribution is 6.37. The minimum Gasteiger partial charge on any atom is -0.374 e. The Bertz CT molecular complexity index is 1320. The topological polar surface area (TPSA) is 53.5 Å². The van der Waals surface area contributed by atoms with Gasteiger partial charge in [0.2, 0.25) is 0 Å². The summed E-state index contributed by atoms with van der Waals surface area (Å²) in [5.74, 6) is -0.582. The quantitative estimate of drug-likeness (QED) is 0.413. The lowest BCUT2D eigenvalue weighted by Crippen LogP contribution is -2.40. The van der Waals surface area contributed by atoms with Gasteiger partial charge in [-0.05, 0) is 36.8 Å². The lowest BCUT2D eigenvalue weighted by atomic mass is 9.92. The molecule has 0 saturated heterocycles. The summed E-state index contributed by atoms with van der Waals surface area (Å²) in [5, 5.41) is 3.40. The zero-order chi connectivity index (χ0) is 21.5. The molecule has 31 heavy (non-hydrogen) atoms. The molecular weight excluding hydrogens is 386 g/mol. The SMILES string of the molecule is CCCCN(C)c1ccc2c3c(cccc13)C(=O)N(c1cccc3cnccc13)C2=O. The molecule has 0 N–H and O–H groups in total. The van der Waals surface area contributed by atoms with Crippen LogP contribution in [-0.4, -0.2) is 30.4 Å². The molecule has 0 saturated carbocycles. The van der Waals surface area contributed by atoms with Gasteiger partial charge in [-0.25, -0.2) is 4.90 Å². The fourth-order valence-electron chi connectivity index (χ4n) is 4.45. The number of carbonyl (C=O) groups is 2. The predicted octanol–water partition coefficient (Wildman–Crippen LogP) is 5.42. The Morgan fingerprint density at radius 1 is 0.903 bits per heavy atom. The molecule has 5 rings (SSSR count). The van der Waals surface area contributed by atoms with Crippen LogP contribution >= 0.6 is 0 Å². The summed E-state index contributed by atoms with van der Waals surface area (Å²) in [5.41, 5.74) is 2.74. The lowest BCUT2D eigenvalue weighted by Gasteiger charge is -2.30. The minimum atomic E-state index is -0.291. The molecule has 4 aromatic rings. The number of aromatic nitrogens is 1. The van der Waals surface area contributed by atoms with E-state index in [-0.39, 0.29) is 11.8 Å². The van der Waals surface area contributed by atoms with E-state index in [9.17, 15) is 9.59 Å². The van der Waals surface area contributed by atoms with Gasteiger partial charge in [0, 0.05) is 64.3 Å². The Balaban J connectivity index is 1.69. The highest BCUT2D eigenvalue weighted by Gasteiger charge is 2.35. The van der Waals surface area contributed by atoms with Gasteiger partial charge in [-0.3, -0.25) is 14.6 Å². The number of hydrogen-bond donors (Lipinski definition) is 0. The number of amides is 2.